The van der Waals surface area contributed by atoms with Gasteiger partial charge in [-0.15, -0.1) is 0 Å². The van der Waals surface area contributed by atoms with Gasteiger partial charge < -0.3 is 19.6 Å². The van der Waals surface area contributed by atoms with E-state index in [0.717, 1.165) is 38.7 Å². The predicted octanol–water partition coefficient (Wildman–Crippen LogP) is 2.89. The number of rotatable bonds is 1. The molecule has 1 fully saturated rings. The summed E-state index contributed by atoms with van der Waals surface area (Å²) < 4.78 is 5.47. The number of H-pyrrole nitrogens is 1. The maximum absolute atomic E-state index is 12.9. The zero-order chi connectivity index (χ0) is 18.8. The standard InChI is InChI=1S/C22H17N3O3/c26-19-11-23-22(27)17-10-15-14-3-1-2-4-16(14)24-20(15)21(25(17)19)13-5-6-18-12(9-13)7-8-28-18/h1-9,17,21,24H,10-11H2,(H,23,27). The molecule has 2 unspecified atom stereocenters. The van der Waals surface area contributed by atoms with E-state index in [0.29, 0.717) is 6.42 Å². The summed E-state index contributed by atoms with van der Waals surface area (Å²) in [6, 6.07) is 15.1. The number of carbonyl (C=O) groups excluding carboxylic acids is 2. The van der Waals surface area contributed by atoms with Gasteiger partial charge >= 0.3 is 0 Å². The molecule has 2 aliphatic rings. The van der Waals surface area contributed by atoms with Crippen molar-refractivity contribution in [1.29, 1.82) is 0 Å². The van der Waals surface area contributed by atoms with Gasteiger partial charge in [-0.1, -0.05) is 24.3 Å². The number of aromatic amines is 1. The third-order valence-corrected chi connectivity index (χ3v) is 5.93. The Balaban J connectivity index is 1.63. The Morgan fingerprint density at radius 2 is 1.96 bits per heavy atom. The quantitative estimate of drug-likeness (QED) is 0.540. The highest BCUT2D eigenvalue weighted by molar-refractivity contribution is 5.97. The second kappa shape index (κ2) is 5.48. The van der Waals surface area contributed by atoms with Crippen molar-refractivity contribution in [2.45, 2.75) is 18.5 Å². The number of para-hydroxylation sites is 1. The van der Waals surface area contributed by atoms with Crippen molar-refractivity contribution in [2.24, 2.45) is 0 Å². The highest BCUT2D eigenvalue weighted by atomic mass is 16.3. The second-order valence-electron chi connectivity index (χ2n) is 7.42. The number of nitrogens with zero attached hydrogens (tertiary/aromatic N) is 1. The second-order valence-corrected chi connectivity index (χ2v) is 7.42. The van der Waals surface area contributed by atoms with Crippen molar-refractivity contribution >= 4 is 33.7 Å². The van der Waals surface area contributed by atoms with Crippen LogP contribution >= 0.6 is 0 Å². The van der Waals surface area contributed by atoms with Crippen molar-refractivity contribution in [3.05, 3.63) is 71.6 Å². The molecule has 0 spiro atoms. The van der Waals surface area contributed by atoms with Crippen LogP contribution in [-0.4, -0.2) is 34.3 Å². The predicted molar refractivity (Wildman–Crippen MR) is 104 cm³/mol. The van der Waals surface area contributed by atoms with Gasteiger partial charge in [-0.3, -0.25) is 9.59 Å². The number of fused-ring (bicyclic) bond motifs is 5. The average Bonchev–Trinajstić information content (AvgIpc) is 3.33. The number of carbonyl (C=O) groups is 2. The van der Waals surface area contributed by atoms with Crippen LogP contribution in [0.15, 0.2) is 59.2 Å². The van der Waals surface area contributed by atoms with Gasteiger partial charge in [0, 0.05) is 28.4 Å². The van der Waals surface area contributed by atoms with E-state index in [1.54, 1.807) is 11.2 Å². The molecule has 0 bridgehead atoms. The number of furan rings is 1. The normalized spacial score (nSPS) is 21.6. The largest absolute Gasteiger partial charge is 0.464 e. The Morgan fingerprint density at radius 1 is 1.07 bits per heavy atom. The monoisotopic (exact) mass is 371 g/mol. The summed E-state index contributed by atoms with van der Waals surface area (Å²) in [5.41, 5.74) is 4.89. The van der Waals surface area contributed by atoms with E-state index in [1.807, 2.05) is 42.5 Å². The lowest BCUT2D eigenvalue weighted by Gasteiger charge is -2.44. The zero-order valence-corrected chi connectivity index (χ0v) is 14.9. The minimum atomic E-state index is -0.502. The molecule has 138 valence electrons. The Bertz CT molecular complexity index is 1270. The number of piperazine rings is 1. The molecule has 2 aromatic heterocycles. The molecule has 0 radical (unpaired) electrons. The van der Waals surface area contributed by atoms with Crippen LogP contribution < -0.4 is 5.32 Å². The third-order valence-electron chi connectivity index (χ3n) is 5.93. The van der Waals surface area contributed by atoms with Gasteiger partial charge in [0.2, 0.25) is 11.8 Å². The molecular formula is C22H17N3O3. The van der Waals surface area contributed by atoms with Crippen LogP contribution in [0.4, 0.5) is 0 Å². The number of benzene rings is 2. The molecular weight excluding hydrogens is 354 g/mol. The van der Waals surface area contributed by atoms with Gasteiger partial charge in [0.05, 0.1) is 18.8 Å². The summed E-state index contributed by atoms with van der Waals surface area (Å²) in [5, 5.41) is 4.83. The summed E-state index contributed by atoms with van der Waals surface area (Å²) in [4.78, 5) is 30.8. The Kier molecular flexibility index (Phi) is 3.04. The molecule has 2 aromatic carbocycles. The fraction of sp³-hybridized carbons (Fsp3) is 0.182. The lowest BCUT2D eigenvalue weighted by molar-refractivity contribution is -0.148. The molecule has 0 aliphatic carbocycles. The number of hydrogen-bond acceptors (Lipinski definition) is 3. The van der Waals surface area contributed by atoms with Gasteiger partial charge in [-0.2, -0.15) is 0 Å². The fourth-order valence-corrected chi connectivity index (χ4v) is 4.68. The lowest BCUT2D eigenvalue weighted by atomic mass is 9.86. The van der Waals surface area contributed by atoms with Gasteiger partial charge in [-0.25, -0.2) is 0 Å². The molecule has 2 amide bonds. The summed E-state index contributed by atoms with van der Waals surface area (Å²) in [7, 11) is 0. The van der Waals surface area contributed by atoms with Crippen LogP contribution in [0.3, 0.4) is 0 Å². The maximum Gasteiger partial charge on any atom is 0.243 e. The van der Waals surface area contributed by atoms with Gasteiger partial charge in [0.1, 0.15) is 11.6 Å². The SMILES string of the molecule is O=C1NCC(=O)N2C1Cc1c([nH]c3ccccc13)C2c1ccc2occc2c1. The summed E-state index contributed by atoms with van der Waals surface area (Å²) in [5.74, 6) is -0.156. The first-order valence-corrected chi connectivity index (χ1v) is 9.36. The van der Waals surface area contributed by atoms with Crippen molar-refractivity contribution in [3.63, 3.8) is 0 Å². The van der Waals surface area contributed by atoms with E-state index in [2.05, 4.69) is 16.4 Å². The molecule has 4 heterocycles. The Hall–Kier alpha value is -3.54. The Morgan fingerprint density at radius 3 is 2.89 bits per heavy atom. The van der Waals surface area contributed by atoms with E-state index in [9.17, 15) is 9.59 Å². The zero-order valence-electron chi connectivity index (χ0n) is 14.9. The highest BCUT2D eigenvalue weighted by Crippen LogP contribution is 2.42. The molecule has 6 heteroatoms. The number of amides is 2. The molecule has 1 saturated heterocycles. The maximum atomic E-state index is 12.9. The van der Waals surface area contributed by atoms with Gasteiger partial charge in [0.15, 0.2) is 0 Å². The van der Waals surface area contributed by atoms with Crippen molar-refractivity contribution in [1.82, 2.24) is 15.2 Å². The minimum Gasteiger partial charge on any atom is -0.464 e. The molecule has 2 atom stereocenters. The molecule has 2 aliphatic heterocycles. The minimum absolute atomic E-state index is 0.0371. The molecule has 6 rings (SSSR count). The van der Waals surface area contributed by atoms with Crippen molar-refractivity contribution < 1.29 is 14.0 Å². The van der Waals surface area contributed by atoms with Crippen LogP contribution in [0.2, 0.25) is 0 Å². The molecule has 6 nitrogen and oxygen atoms in total. The number of aromatic nitrogens is 1. The summed E-state index contributed by atoms with van der Waals surface area (Å²) >= 11 is 0. The van der Waals surface area contributed by atoms with Crippen molar-refractivity contribution in [2.75, 3.05) is 6.54 Å². The van der Waals surface area contributed by atoms with E-state index in [1.165, 1.54) is 0 Å². The van der Waals surface area contributed by atoms with Crippen LogP contribution in [-0.2, 0) is 16.0 Å². The third kappa shape index (κ3) is 2.03. The number of hydrogen-bond donors (Lipinski definition) is 2. The van der Waals surface area contributed by atoms with E-state index in [4.69, 9.17) is 4.42 Å². The van der Waals surface area contributed by atoms with E-state index in [-0.39, 0.29) is 24.4 Å². The van der Waals surface area contributed by atoms with E-state index < -0.39 is 6.04 Å². The number of nitrogens with one attached hydrogen (secondary N) is 2. The summed E-state index contributed by atoms with van der Waals surface area (Å²) in [6.07, 6.45) is 2.17. The first kappa shape index (κ1) is 15.5. The molecule has 28 heavy (non-hydrogen) atoms. The smallest absolute Gasteiger partial charge is 0.243 e. The molecule has 2 N–H and O–H groups in total. The van der Waals surface area contributed by atoms with E-state index >= 15 is 0 Å². The van der Waals surface area contributed by atoms with Gasteiger partial charge in [0.25, 0.3) is 0 Å². The lowest BCUT2D eigenvalue weighted by Crippen LogP contribution is -2.61. The fourth-order valence-electron chi connectivity index (χ4n) is 4.68. The average molecular weight is 371 g/mol. The topological polar surface area (TPSA) is 78.3 Å². The van der Waals surface area contributed by atoms with Crippen molar-refractivity contribution in [3.8, 4) is 0 Å². The van der Waals surface area contributed by atoms with Crippen LogP contribution in [0.1, 0.15) is 22.9 Å². The van der Waals surface area contributed by atoms with Crippen LogP contribution in [0.5, 0.6) is 0 Å². The highest BCUT2D eigenvalue weighted by Gasteiger charge is 2.45. The van der Waals surface area contributed by atoms with Crippen LogP contribution in [0, 0.1) is 0 Å². The first-order chi connectivity index (χ1) is 13.7. The van der Waals surface area contributed by atoms with Gasteiger partial charge in [-0.05, 0) is 35.4 Å². The van der Waals surface area contributed by atoms with Crippen LogP contribution in [0.25, 0.3) is 21.9 Å². The molecule has 0 saturated carbocycles. The summed E-state index contributed by atoms with van der Waals surface area (Å²) in [6.45, 7) is 0.0371. The Labute approximate surface area is 160 Å². The first-order valence-electron chi connectivity index (χ1n) is 9.36. The molecule has 4 aromatic rings.